The number of carbonyl (C=O) groups is 1. The molecule has 1 amide bonds. The lowest BCUT2D eigenvalue weighted by Gasteiger charge is -2.40. The number of halogens is 3. The Balaban J connectivity index is 1.18. The van der Waals surface area contributed by atoms with E-state index in [0.29, 0.717) is 38.4 Å². The zero-order chi connectivity index (χ0) is 24.4. The number of piperazine rings is 1. The minimum absolute atomic E-state index is 0.0888. The van der Waals surface area contributed by atoms with Crippen LogP contribution in [-0.2, 0) is 4.79 Å². The molecule has 0 radical (unpaired) electrons. The second-order valence-electron chi connectivity index (χ2n) is 8.98. The molecule has 0 aliphatic carbocycles. The lowest BCUT2D eigenvalue weighted by molar-refractivity contribution is -0.136. The van der Waals surface area contributed by atoms with Gasteiger partial charge in [0.15, 0.2) is 5.82 Å². The van der Waals surface area contributed by atoms with Gasteiger partial charge in [0.05, 0.1) is 16.6 Å². The fraction of sp³-hybridized carbons (Fsp3) is 0.346. The molecule has 5 rings (SSSR count). The maximum atomic E-state index is 13.5. The molecular weight excluding hydrogens is 472 g/mol. The summed E-state index contributed by atoms with van der Waals surface area (Å²) in [6.07, 6.45) is 1.76. The summed E-state index contributed by atoms with van der Waals surface area (Å²) in [6, 6.07) is 14.7. The molecule has 2 fully saturated rings. The zero-order valence-corrected chi connectivity index (χ0v) is 20.0. The molecule has 0 bridgehead atoms. The number of carbonyl (C=O) groups excluding carboxylic acids is 1. The quantitative estimate of drug-likeness (QED) is 0.525. The Hall–Kier alpha value is -3.26. The second kappa shape index (κ2) is 10.2. The van der Waals surface area contributed by atoms with Gasteiger partial charge >= 0.3 is 0 Å². The van der Waals surface area contributed by atoms with Gasteiger partial charge in [-0.25, -0.2) is 8.78 Å². The number of aromatic nitrogens is 2. The molecule has 2 aliphatic rings. The van der Waals surface area contributed by atoms with E-state index in [1.807, 2.05) is 17.0 Å². The van der Waals surface area contributed by atoms with Crippen LogP contribution in [0.4, 0.5) is 20.3 Å². The van der Waals surface area contributed by atoms with Gasteiger partial charge in [0.25, 0.3) is 0 Å². The van der Waals surface area contributed by atoms with Crippen molar-refractivity contribution in [2.75, 3.05) is 49.1 Å². The summed E-state index contributed by atoms with van der Waals surface area (Å²) < 4.78 is 26.7. The first kappa shape index (κ1) is 23.5. The largest absolute Gasteiger partial charge is 0.368 e. The molecule has 2 saturated heterocycles. The minimum atomic E-state index is -0.430. The van der Waals surface area contributed by atoms with Crippen LogP contribution in [0.15, 0.2) is 54.6 Å². The molecule has 2 aliphatic heterocycles. The predicted molar refractivity (Wildman–Crippen MR) is 133 cm³/mol. The van der Waals surface area contributed by atoms with Gasteiger partial charge in [-0.15, -0.1) is 10.2 Å². The van der Waals surface area contributed by atoms with Crippen LogP contribution in [0.25, 0.3) is 11.3 Å². The van der Waals surface area contributed by atoms with Gasteiger partial charge in [-0.2, -0.15) is 0 Å². The van der Waals surface area contributed by atoms with E-state index in [2.05, 4.69) is 20.0 Å². The first-order chi connectivity index (χ1) is 17.0. The van der Waals surface area contributed by atoms with Crippen molar-refractivity contribution < 1.29 is 13.6 Å². The summed E-state index contributed by atoms with van der Waals surface area (Å²) in [4.78, 5) is 19.5. The lowest BCUT2D eigenvalue weighted by atomic mass is 9.96. The Bertz CT molecular complexity index is 1180. The normalized spacial score (nSPS) is 18.6. The van der Waals surface area contributed by atoms with E-state index < -0.39 is 5.82 Å². The topological polar surface area (TPSA) is 52.6 Å². The summed E-state index contributed by atoms with van der Waals surface area (Å²) in [7, 11) is 0. The van der Waals surface area contributed by atoms with Gasteiger partial charge in [0, 0.05) is 50.5 Å². The third-order valence-corrected chi connectivity index (χ3v) is 7.03. The highest BCUT2D eigenvalue weighted by atomic mass is 35.5. The number of hydrogen-bond acceptors (Lipinski definition) is 5. The summed E-state index contributed by atoms with van der Waals surface area (Å²) in [6.45, 7) is 4.04. The SMILES string of the molecule is O=C(C1CCCN(c2ccc(-c3ccc(F)cc3)nn2)C1)N1CCN(c2ccc(F)c(Cl)c2)CC1. The van der Waals surface area contributed by atoms with E-state index >= 15 is 0 Å². The minimum Gasteiger partial charge on any atom is -0.368 e. The number of amides is 1. The average Bonchev–Trinajstić information content (AvgIpc) is 2.90. The monoisotopic (exact) mass is 497 g/mol. The molecule has 3 heterocycles. The van der Waals surface area contributed by atoms with Crippen molar-refractivity contribution in [1.29, 1.82) is 0 Å². The first-order valence-electron chi connectivity index (χ1n) is 11.8. The van der Waals surface area contributed by atoms with Gasteiger partial charge in [-0.3, -0.25) is 4.79 Å². The summed E-state index contributed by atoms with van der Waals surface area (Å²) in [5.41, 5.74) is 2.35. The highest BCUT2D eigenvalue weighted by Crippen LogP contribution is 2.27. The fourth-order valence-corrected chi connectivity index (χ4v) is 4.96. The Kier molecular flexibility index (Phi) is 6.81. The Labute approximate surface area is 208 Å². The molecule has 1 unspecified atom stereocenters. The summed E-state index contributed by atoms with van der Waals surface area (Å²) in [5, 5.41) is 8.80. The van der Waals surface area contributed by atoms with E-state index in [9.17, 15) is 13.6 Å². The smallest absolute Gasteiger partial charge is 0.227 e. The van der Waals surface area contributed by atoms with Gasteiger partial charge in [0.2, 0.25) is 5.91 Å². The van der Waals surface area contributed by atoms with Crippen molar-refractivity contribution in [3.63, 3.8) is 0 Å². The van der Waals surface area contributed by atoms with Crippen molar-refractivity contribution in [2.45, 2.75) is 12.8 Å². The third-order valence-electron chi connectivity index (χ3n) is 6.74. The molecular formula is C26H26ClF2N5O. The molecule has 35 heavy (non-hydrogen) atoms. The second-order valence-corrected chi connectivity index (χ2v) is 9.39. The number of nitrogens with zero attached hydrogens (tertiary/aromatic N) is 5. The van der Waals surface area contributed by atoms with Gasteiger partial charge in [-0.1, -0.05) is 11.6 Å². The van der Waals surface area contributed by atoms with Crippen LogP contribution in [0.1, 0.15) is 12.8 Å². The van der Waals surface area contributed by atoms with Crippen LogP contribution in [0.3, 0.4) is 0 Å². The van der Waals surface area contributed by atoms with Crippen molar-refractivity contribution in [3.8, 4) is 11.3 Å². The molecule has 6 nitrogen and oxygen atoms in total. The molecule has 0 N–H and O–H groups in total. The first-order valence-corrected chi connectivity index (χ1v) is 12.2. The fourth-order valence-electron chi connectivity index (χ4n) is 4.78. The van der Waals surface area contributed by atoms with Gasteiger partial charge in [0.1, 0.15) is 11.6 Å². The maximum Gasteiger partial charge on any atom is 0.227 e. The highest BCUT2D eigenvalue weighted by Gasteiger charge is 2.31. The van der Waals surface area contributed by atoms with Crippen LogP contribution in [-0.4, -0.2) is 60.3 Å². The van der Waals surface area contributed by atoms with Crippen molar-refractivity contribution >= 4 is 29.0 Å². The Morgan fingerprint density at radius 2 is 1.66 bits per heavy atom. The van der Waals surface area contributed by atoms with Crippen molar-refractivity contribution in [1.82, 2.24) is 15.1 Å². The van der Waals surface area contributed by atoms with Crippen LogP contribution in [0.2, 0.25) is 5.02 Å². The average molecular weight is 498 g/mol. The summed E-state index contributed by atoms with van der Waals surface area (Å²) in [5.74, 6) is 0.104. The molecule has 0 spiro atoms. The molecule has 2 aromatic carbocycles. The van der Waals surface area contributed by atoms with Crippen LogP contribution < -0.4 is 9.80 Å². The van der Waals surface area contributed by atoms with E-state index in [-0.39, 0.29) is 22.7 Å². The van der Waals surface area contributed by atoms with E-state index in [4.69, 9.17) is 11.6 Å². The molecule has 182 valence electrons. The third kappa shape index (κ3) is 5.22. The standard InChI is InChI=1S/C26H26ClF2N5O/c27-22-16-21(7-8-23(22)29)32-12-14-33(15-13-32)26(35)19-2-1-11-34(17-19)25-10-9-24(30-31-25)18-3-5-20(28)6-4-18/h3-10,16,19H,1-2,11-15,17H2. The van der Waals surface area contributed by atoms with Crippen molar-refractivity contribution in [3.05, 3.63) is 71.3 Å². The number of piperidine rings is 1. The number of rotatable bonds is 4. The molecule has 1 atom stereocenters. The van der Waals surface area contributed by atoms with Crippen LogP contribution >= 0.6 is 11.6 Å². The maximum absolute atomic E-state index is 13.5. The molecule has 1 aromatic heterocycles. The van der Waals surface area contributed by atoms with Crippen LogP contribution in [0, 0.1) is 17.6 Å². The lowest BCUT2D eigenvalue weighted by Crippen LogP contribution is -2.52. The van der Waals surface area contributed by atoms with Crippen LogP contribution in [0.5, 0.6) is 0 Å². The van der Waals surface area contributed by atoms with Gasteiger partial charge < -0.3 is 14.7 Å². The zero-order valence-electron chi connectivity index (χ0n) is 19.2. The molecule has 0 saturated carbocycles. The van der Waals surface area contributed by atoms with E-state index in [1.54, 1.807) is 24.3 Å². The summed E-state index contributed by atoms with van der Waals surface area (Å²) >= 11 is 5.93. The van der Waals surface area contributed by atoms with E-state index in [1.165, 1.54) is 18.2 Å². The van der Waals surface area contributed by atoms with Gasteiger partial charge in [-0.05, 0) is 67.4 Å². The van der Waals surface area contributed by atoms with Crippen molar-refractivity contribution in [2.24, 2.45) is 5.92 Å². The number of benzene rings is 2. The molecule has 3 aromatic rings. The highest BCUT2D eigenvalue weighted by molar-refractivity contribution is 6.31. The number of hydrogen-bond donors (Lipinski definition) is 0. The Morgan fingerprint density at radius 3 is 2.34 bits per heavy atom. The molecule has 9 heteroatoms. The van der Waals surface area contributed by atoms with E-state index in [0.717, 1.165) is 36.5 Å². The number of anilines is 2. The predicted octanol–water partition coefficient (Wildman–Crippen LogP) is 4.64. The Morgan fingerprint density at radius 1 is 0.886 bits per heavy atom.